The van der Waals surface area contributed by atoms with Gasteiger partial charge < -0.3 is 9.84 Å². The van der Waals surface area contributed by atoms with Crippen LogP contribution in [-0.4, -0.2) is 18.2 Å². The molecule has 1 aromatic rings. The predicted molar refractivity (Wildman–Crippen MR) is 72.4 cm³/mol. The fraction of sp³-hybridized carbons (Fsp3) is 0.643. The Morgan fingerprint density at radius 2 is 2.17 bits per heavy atom. The zero-order valence-corrected chi connectivity index (χ0v) is 11.7. The average Bonchev–Trinajstić information content (AvgIpc) is 3.00. The highest BCUT2D eigenvalue weighted by Gasteiger charge is 2.35. The van der Waals surface area contributed by atoms with Gasteiger partial charge in [-0.15, -0.1) is 11.3 Å². The van der Waals surface area contributed by atoms with Crippen molar-refractivity contribution in [2.24, 2.45) is 11.8 Å². The maximum absolute atomic E-state index is 11.3. The van der Waals surface area contributed by atoms with Crippen molar-refractivity contribution in [2.75, 3.05) is 7.11 Å². The maximum Gasteiger partial charge on any atom is 0.306 e. The number of hydrogen-bond donors (Lipinski definition) is 1. The molecule has 2 unspecified atom stereocenters. The lowest BCUT2D eigenvalue weighted by Gasteiger charge is -2.25. The van der Waals surface area contributed by atoms with Crippen LogP contribution in [0.25, 0.3) is 0 Å². The summed E-state index contributed by atoms with van der Waals surface area (Å²) in [5.41, 5.74) is 0. The van der Waals surface area contributed by atoms with Crippen LogP contribution >= 0.6 is 11.3 Å². The van der Waals surface area contributed by atoms with Gasteiger partial charge in [-0.05, 0) is 24.8 Å². The van der Waals surface area contributed by atoms with Crippen molar-refractivity contribution < 1.29 is 14.6 Å². The Bertz CT molecular complexity index is 407. The third-order valence-corrected chi connectivity index (χ3v) is 5.01. The molecule has 1 aromatic heterocycles. The molecule has 0 saturated heterocycles. The summed E-state index contributed by atoms with van der Waals surface area (Å²) in [6.07, 6.45) is 4.77. The molecular formula is C14H20O3S. The first-order valence-corrected chi connectivity index (χ1v) is 7.36. The zero-order chi connectivity index (χ0) is 13.1. The monoisotopic (exact) mass is 268 g/mol. The lowest BCUT2D eigenvalue weighted by molar-refractivity contribution is -0.142. The number of rotatable bonds is 5. The Morgan fingerprint density at radius 3 is 2.67 bits per heavy atom. The van der Waals surface area contributed by atoms with Crippen molar-refractivity contribution in [1.29, 1.82) is 0 Å². The Kier molecular flexibility index (Phi) is 4.27. The minimum atomic E-state index is -0.695. The third-order valence-electron chi connectivity index (χ3n) is 4.00. The summed E-state index contributed by atoms with van der Waals surface area (Å²) in [7, 11) is 1.65. The van der Waals surface area contributed by atoms with E-state index in [0.717, 1.165) is 23.5 Å². The van der Waals surface area contributed by atoms with E-state index in [4.69, 9.17) is 4.74 Å². The summed E-state index contributed by atoms with van der Waals surface area (Å²) < 4.78 is 5.21. The van der Waals surface area contributed by atoms with E-state index in [1.807, 2.05) is 18.4 Å². The van der Waals surface area contributed by atoms with Gasteiger partial charge >= 0.3 is 5.97 Å². The van der Waals surface area contributed by atoms with Crippen molar-refractivity contribution >= 4 is 17.3 Å². The first-order chi connectivity index (χ1) is 8.63. The Labute approximate surface area is 112 Å². The molecule has 1 aliphatic carbocycles. The minimum Gasteiger partial charge on any atom is -0.496 e. The van der Waals surface area contributed by atoms with Gasteiger partial charge in [0.25, 0.3) is 0 Å². The SMILES string of the molecule is COc1csc(C(C2CCCC2)C(C)C(=O)O)c1. The standard InChI is InChI=1S/C14H20O3S/c1-9(14(15)16)13(10-5-3-4-6-10)12-7-11(17-2)8-18-12/h7-10,13H,3-6H2,1-2H3,(H,15,16). The second-order valence-corrected chi connectivity index (χ2v) is 6.03. The molecule has 3 nitrogen and oxygen atoms in total. The number of carbonyl (C=O) groups is 1. The highest BCUT2D eigenvalue weighted by atomic mass is 32.1. The molecule has 100 valence electrons. The lowest BCUT2D eigenvalue weighted by Crippen LogP contribution is -2.23. The Hall–Kier alpha value is -1.03. The summed E-state index contributed by atoms with van der Waals surface area (Å²) in [4.78, 5) is 12.5. The minimum absolute atomic E-state index is 0.138. The van der Waals surface area contributed by atoms with Crippen molar-refractivity contribution in [2.45, 2.75) is 38.5 Å². The van der Waals surface area contributed by atoms with Crippen LogP contribution in [0, 0.1) is 11.8 Å². The molecule has 0 radical (unpaired) electrons. The normalized spacial score (nSPS) is 19.7. The Balaban J connectivity index is 2.25. The molecule has 1 fully saturated rings. The molecule has 0 amide bonds. The molecule has 2 atom stereocenters. The van der Waals surface area contributed by atoms with Gasteiger partial charge in [0, 0.05) is 16.2 Å². The molecule has 1 saturated carbocycles. The molecule has 1 N–H and O–H groups in total. The predicted octanol–water partition coefficient (Wildman–Crippen LogP) is 3.75. The van der Waals surface area contributed by atoms with Crippen LogP contribution in [-0.2, 0) is 4.79 Å². The molecule has 4 heteroatoms. The van der Waals surface area contributed by atoms with E-state index in [-0.39, 0.29) is 11.8 Å². The largest absolute Gasteiger partial charge is 0.496 e. The number of methoxy groups -OCH3 is 1. The first kappa shape index (κ1) is 13.4. The smallest absolute Gasteiger partial charge is 0.306 e. The third kappa shape index (κ3) is 2.69. The second kappa shape index (κ2) is 5.74. The highest BCUT2D eigenvalue weighted by molar-refractivity contribution is 7.10. The van der Waals surface area contributed by atoms with Gasteiger partial charge in [-0.1, -0.05) is 19.8 Å². The van der Waals surface area contributed by atoms with Crippen molar-refractivity contribution in [1.82, 2.24) is 0 Å². The fourth-order valence-electron chi connectivity index (χ4n) is 2.97. The summed E-state index contributed by atoms with van der Waals surface area (Å²) >= 11 is 1.63. The molecule has 2 rings (SSSR count). The molecule has 1 heterocycles. The molecular weight excluding hydrogens is 248 g/mol. The van der Waals surface area contributed by atoms with Gasteiger partial charge in [-0.25, -0.2) is 0 Å². The van der Waals surface area contributed by atoms with Crippen molar-refractivity contribution in [3.05, 3.63) is 16.3 Å². The van der Waals surface area contributed by atoms with E-state index in [0.29, 0.717) is 5.92 Å². The molecule has 0 aliphatic heterocycles. The van der Waals surface area contributed by atoms with Gasteiger partial charge in [0.1, 0.15) is 5.75 Å². The van der Waals surface area contributed by atoms with Crippen LogP contribution in [0.3, 0.4) is 0 Å². The van der Waals surface area contributed by atoms with Crippen LogP contribution in [0.2, 0.25) is 0 Å². The summed E-state index contributed by atoms with van der Waals surface area (Å²) in [5.74, 6) is 0.477. The van der Waals surface area contributed by atoms with E-state index in [1.165, 1.54) is 12.8 Å². The first-order valence-electron chi connectivity index (χ1n) is 6.48. The van der Waals surface area contributed by atoms with Gasteiger partial charge in [0.2, 0.25) is 0 Å². The topological polar surface area (TPSA) is 46.5 Å². The molecule has 0 aromatic carbocycles. The van der Waals surface area contributed by atoms with E-state index >= 15 is 0 Å². The van der Waals surface area contributed by atoms with Crippen LogP contribution in [0.5, 0.6) is 5.75 Å². The number of carboxylic acid groups (broad SMARTS) is 1. The number of thiophene rings is 1. The quantitative estimate of drug-likeness (QED) is 0.884. The van der Waals surface area contributed by atoms with Crippen LogP contribution < -0.4 is 4.74 Å². The number of carboxylic acids is 1. The molecule has 18 heavy (non-hydrogen) atoms. The molecule has 1 aliphatic rings. The molecule has 0 bridgehead atoms. The van der Waals surface area contributed by atoms with Gasteiger partial charge in [-0.2, -0.15) is 0 Å². The van der Waals surface area contributed by atoms with Gasteiger partial charge in [0.05, 0.1) is 13.0 Å². The van der Waals surface area contributed by atoms with Gasteiger partial charge in [0.15, 0.2) is 0 Å². The number of ether oxygens (including phenoxy) is 1. The van der Waals surface area contributed by atoms with E-state index in [1.54, 1.807) is 18.4 Å². The Morgan fingerprint density at radius 1 is 1.50 bits per heavy atom. The maximum atomic E-state index is 11.3. The number of hydrogen-bond acceptors (Lipinski definition) is 3. The second-order valence-electron chi connectivity index (χ2n) is 5.09. The molecule has 0 spiro atoms. The summed E-state index contributed by atoms with van der Waals surface area (Å²) in [6, 6.07) is 2.01. The van der Waals surface area contributed by atoms with Gasteiger partial charge in [-0.3, -0.25) is 4.79 Å². The van der Waals surface area contributed by atoms with E-state index in [9.17, 15) is 9.90 Å². The van der Waals surface area contributed by atoms with Crippen molar-refractivity contribution in [3.8, 4) is 5.75 Å². The fourth-order valence-corrected chi connectivity index (χ4v) is 4.13. The average molecular weight is 268 g/mol. The van der Waals surface area contributed by atoms with E-state index in [2.05, 4.69) is 0 Å². The van der Waals surface area contributed by atoms with E-state index < -0.39 is 5.97 Å². The summed E-state index contributed by atoms with van der Waals surface area (Å²) in [6.45, 7) is 1.83. The van der Waals surface area contributed by atoms with Crippen LogP contribution in [0.4, 0.5) is 0 Å². The number of aliphatic carboxylic acids is 1. The summed E-state index contributed by atoms with van der Waals surface area (Å²) in [5, 5.41) is 11.3. The van der Waals surface area contributed by atoms with Crippen LogP contribution in [0.1, 0.15) is 43.4 Å². The zero-order valence-electron chi connectivity index (χ0n) is 10.9. The van der Waals surface area contributed by atoms with Crippen molar-refractivity contribution in [3.63, 3.8) is 0 Å². The lowest BCUT2D eigenvalue weighted by atomic mass is 9.80. The highest BCUT2D eigenvalue weighted by Crippen LogP contribution is 2.44. The van der Waals surface area contributed by atoms with Crippen LogP contribution in [0.15, 0.2) is 11.4 Å².